The van der Waals surface area contributed by atoms with Crippen LogP contribution in [0.1, 0.15) is 39.2 Å². The van der Waals surface area contributed by atoms with Gasteiger partial charge in [0.2, 0.25) is 5.91 Å². The molecule has 1 N–H and O–H groups in total. The van der Waals surface area contributed by atoms with E-state index in [-0.39, 0.29) is 18.0 Å². The van der Waals surface area contributed by atoms with Gasteiger partial charge in [0.05, 0.1) is 5.39 Å². The van der Waals surface area contributed by atoms with Gasteiger partial charge in [-0.1, -0.05) is 25.1 Å². The highest BCUT2D eigenvalue weighted by atomic mass is 16.2. The van der Waals surface area contributed by atoms with E-state index in [1.807, 2.05) is 43.3 Å². The van der Waals surface area contributed by atoms with Crippen molar-refractivity contribution in [1.29, 1.82) is 0 Å². The summed E-state index contributed by atoms with van der Waals surface area (Å²) in [5.74, 6) is 1.21. The van der Waals surface area contributed by atoms with Crippen LogP contribution in [-0.2, 0) is 11.3 Å². The van der Waals surface area contributed by atoms with Crippen molar-refractivity contribution >= 4 is 33.9 Å². The Labute approximate surface area is 201 Å². The van der Waals surface area contributed by atoms with E-state index >= 15 is 0 Å². The monoisotopic (exact) mass is 461 g/mol. The van der Waals surface area contributed by atoms with Crippen molar-refractivity contribution in [2.24, 2.45) is 5.92 Å². The van der Waals surface area contributed by atoms with Gasteiger partial charge in [0.1, 0.15) is 6.54 Å². The Kier molecular flexibility index (Phi) is 7.20. The number of carbonyl (C=O) groups is 1. The third-order valence-electron chi connectivity index (χ3n) is 6.84. The number of rotatable bonds is 7. The number of nitrogens with one attached hydrogen (secondary N) is 1. The largest absolute Gasteiger partial charge is 0.372 e. The van der Waals surface area contributed by atoms with Gasteiger partial charge in [-0.3, -0.25) is 9.59 Å². The summed E-state index contributed by atoms with van der Waals surface area (Å²) in [6.45, 7) is 12.0. The van der Waals surface area contributed by atoms with Crippen LogP contribution in [0.5, 0.6) is 0 Å². The molecule has 0 radical (unpaired) electrons. The molecule has 1 saturated heterocycles. The highest BCUT2D eigenvalue weighted by Gasteiger charge is 2.21. The summed E-state index contributed by atoms with van der Waals surface area (Å²) in [5, 5.41) is 9.09. The number of amides is 1. The molecule has 3 aromatic rings. The summed E-state index contributed by atoms with van der Waals surface area (Å²) >= 11 is 0. The van der Waals surface area contributed by atoms with Crippen LogP contribution in [0.4, 0.5) is 17.2 Å². The van der Waals surface area contributed by atoms with E-state index in [0.717, 1.165) is 67.2 Å². The van der Waals surface area contributed by atoms with Gasteiger partial charge in [0.15, 0.2) is 5.82 Å². The predicted molar refractivity (Wildman–Crippen MR) is 140 cm³/mol. The molecule has 0 atom stereocenters. The molecule has 0 unspecified atom stereocenters. The number of aromatic nitrogens is 2. The summed E-state index contributed by atoms with van der Waals surface area (Å²) in [7, 11) is 0. The molecule has 1 amide bonds. The number of nitrogens with zero attached hydrogens (tertiary/aromatic N) is 4. The molecule has 7 nitrogen and oxygen atoms in total. The first-order chi connectivity index (χ1) is 16.4. The molecule has 1 aliphatic rings. The zero-order valence-corrected chi connectivity index (χ0v) is 20.7. The van der Waals surface area contributed by atoms with Crippen molar-refractivity contribution in [3.05, 3.63) is 58.4 Å². The van der Waals surface area contributed by atoms with E-state index in [2.05, 4.69) is 47.1 Å². The molecule has 0 aliphatic carbocycles. The van der Waals surface area contributed by atoms with Gasteiger partial charge in [-0.2, -0.15) is 5.10 Å². The Balaban J connectivity index is 1.59. The highest BCUT2D eigenvalue weighted by Crippen LogP contribution is 2.27. The van der Waals surface area contributed by atoms with Crippen molar-refractivity contribution < 1.29 is 4.79 Å². The molecule has 0 spiro atoms. The lowest BCUT2D eigenvalue weighted by molar-refractivity contribution is -0.117. The Bertz CT molecular complexity index is 1220. The number of aryl methyl sites for hydroxylation is 1. The van der Waals surface area contributed by atoms with Crippen LogP contribution < -0.4 is 20.7 Å². The van der Waals surface area contributed by atoms with Gasteiger partial charge in [-0.05, 0) is 69.4 Å². The Morgan fingerprint density at radius 3 is 2.41 bits per heavy atom. The molecule has 1 aliphatic heterocycles. The van der Waals surface area contributed by atoms with Gasteiger partial charge < -0.3 is 15.1 Å². The number of hydrogen-bond donors (Lipinski definition) is 1. The smallest absolute Gasteiger partial charge is 0.275 e. The van der Waals surface area contributed by atoms with Crippen LogP contribution in [0.3, 0.4) is 0 Å². The van der Waals surface area contributed by atoms with Crippen LogP contribution in [0.25, 0.3) is 10.8 Å². The topological polar surface area (TPSA) is 70.5 Å². The average molecular weight is 462 g/mol. The number of hydrogen-bond acceptors (Lipinski definition) is 5. The van der Waals surface area contributed by atoms with Crippen molar-refractivity contribution in [1.82, 2.24) is 9.78 Å². The molecule has 0 bridgehead atoms. The van der Waals surface area contributed by atoms with Gasteiger partial charge in [0.25, 0.3) is 5.56 Å². The molecular formula is C27H35N5O2. The van der Waals surface area contributed by atoms with E-state index < -0.39 is 0 Å². The van der Waals surface area contributed by atoms with Gasteiger partial charge in [-0.25, -0.2) is 4.68 Å². The molecule has 2 aromatic carbocycles. The maximum atomic E-state index is 13.2. The molecule has 7 heteroatoms. The van der Waals surface area contributed by atoms with Crippen molar-refractivity contribution in [3.63, 3.8) is 0 Å². The minimum atomic E-state index is -0.262. The molecule has 4 rings (SSSR count). The first-order valence-corrected chi connectivity index (χ1v) is 12.3. The maximum Gasteiger partial charge on any atom is 0.275 e. The van der Waals surface area contributed by atoms with E-state index in [9.17, 15) is 9.59 Å². The van der Waals surface area contributed by atoms with Crippen LogP contribution in [0.15, 0.2) is 47.3 Å². The number of anilines is 3. The Morgan fingerprint density at radius 2 is 1.76 bits per heavy atom. The lowest BCUT2D eigenvalue weighted by Crippen LogP contribution is -2.37. The van der Waals surface area contributed by atoms with Crippen molar-refractivity contribution in [3.8, 4) is 0 Å². The van der Waals surface area contributed by atoms with Gasteiger partial charge >= 0.3 is 0 Å². The third-order valence-corrected chi connectivity index (χ3v) is 6.84. The number of benzene rings is 2. The minimum absolute atomic E-state index is 0.127. The predicted octanol–water partition coefficient (Wildman–Crippen LogP) is 4.43. The second kappa shape index (κ2) is 10.3. The zero-order valence-electron chi connectivity index (χ0n) is 20.7. The van der Waals surface area contributed by atoms with Crippen molar-refractivity contribution in [2.75, 3.05) is 41.3 Å². The molecular weight excluding hydrogens is 426 g/mol. The van der Waals surface area contributed by atoms with Gasteiger partial charge in [0, 0.05) is 42.9 Å². The van der Waals surface area contributed by atoms with Crippen LogP contribution in [-0.4, -0.2) is 41.9 Å². The maximum absolute atomic E-state index is 13.2. The zero-order chi connectivity index (χ0) is 24.2. The first kappa shape index (κ1) is 23.8. The molecule has 0 saturated carbocycles. The average Bonchev–Trinajstić information content (AvgIpc) is 2.84. The quantitative estimate of drug-likeness (QED) is 0.564. The fourth-order valence-electron chi connectivity index (χ4n) is 4.68. The Morgan fingerprint density at radius 1 is 1.09 bits per heavy atom. The second-order valence-corrected chi connectivity index (χ2v) is 9.22. The van der Waals surface area contributed by atoms with Crippen LogP contribution in [0, 0.1) is 12.8 Å². The molecule has 2 heterocycles. The van der Waals surface area contributed by atoms with E-state index in [1.165, 1.54) is 4.68 Å². The highest BCUT2D eigenvalue weighted by molar-refractivity contribution is 5.93. The molecule has 180 valence electrons. The van der Waals surface area contributed by atoms with E-state index in [4.69, 9.17) is 0 Å². The number of carbonyl (C=O) groups excluding carboxylic acids is 1. The summed E-state index contributed by atoms with van der Waals surface area (Å²) in [6, 6.07) is 13.6. The van der Waals surface area contributed by atoms with E-state index in [0.29, 0.717) is 11.3 Å². The summed E-state index contributed by atoms with van der Waals surface area (Å²) < 4.78 is 1.31. The first-order valence-electron chi connectivity index (χ1n) is 12.3. The summed E-state index contributed by atoms with van der Waals surface area (Å²) in [6.07, 6.45) is 2.19. The SMILES string of the molecule is CCN(CC)c1ccc(NC(=O)Cn2nc(N3CCC(C)CC3)c3ccccc3c2=O)c(C)c1. The summed E-state index contributed by atoms with van der Waals surface area (Å²) in [4.78, 5) is 30.6. The minimum Gasteiger partial charge on any atom is -0.372 e. The second-order valence-electron chi connectivity index (χ2n) is 9.22. The van der Waals surface area contributed by atoms with Gasteiger partial charge in [-0.15, -0.1) is 0 Å². The van der Waals surface area contributed by atoms with Crippen LogP contribution >= 0.6 is 0 Å². The number of fused-ring (bicyclic) bond motifs is 1. The standard InChI is InChI=1S/C27H35N5O2/c1-5-30(6-2)21-11-12-24(20(4)17-21)28-25(33)18-32-27(34)23-10-8-7-9-22(23)26(29-32)31-15-13-19(3)14-16-31/h7-12,17,19H,5-6,13-16,18H2,1-4H3,(H,28,33). The van der Waals surface area contributed by atoms with Crippen molar-refractivity contribution in [2.45, 2.75) is 47.1 Å². The third kappa shape index (κ3) is 4.93. The fourth-order valence-corrected chi connectivity index (χ4v) is 4.68. The lowest BCUT2D eigenvalue weighted by Gasteiger charge is -2.32. The normalized spacial score (nSPS) is 14.4. The molecule has 34 heavy (non-hydrogen) atoms. The number of piperidine rings is 1. The fraction of sp³-hybridized carbons (Fsp3) is 0.444. The Hall–Kier alpha value is -3.35. The molecule has 1 fully saturated rings. The van der Waals surface area contributed by atoms with Crippen LogP contribution in [0.2, 0.25) is 0 Å². The summed E-state index contributed by atoms with van der Waals surface area (Å²) in [5.41, 5.74) is 2.63. The molecule has 1 aromatic heterocycles. The lowest BCUT2D eigenvalue weighted by atomic mass is 9.99. The van der Waals surface area contributed by atoms with E-state index in [1.54, 1.807) is 0 Å².